The second-order valence-corrected chi connectivity index (χ2v) is 7.49. The summed E-state index contributed by atoms with van der Waals surface area (Å²) in [5.41, 5.74) is 0.288. The van der Waals surface area contributed by atoms with Gasteiger partial charge in [0.1, 0.15) is 30.5 Å². The number of aliphatic hydroxyl groups excluding tert-OH is 5. The van der Waals surface area contributed by atoms with E-state index in [9.17, 15) is 30.3 Å². The number of esters is 1. The van der Waals surface area contributed by atoms with Gasteiger partial charge in [-0.1, -0.05) is 0 Å². The molecule has 166 valence electrons. The summed E-state index contributed by atoms with van der Waals surface area (Å²) in [6.45, 7) is 1.08. The lowest BCUT2D eigenvalue weighted by Gasteiger charge is -2.45. The predicted octanol–water partition coefficient (Wildman–Crippen LogP) is -2.38. The number of carbonyl (C=O) groups excluding carboxylic acids is 1. The van der Waals surface area contributed by atoms with Gasteiger partial charge in [0.2, 0.25) is 0 Å². The van der Waals surface area contributed by atoms with Crippen LogP contribution >= 0.6 is 0 Å². The summed E-state index contributed by atoms with van der Waals surface area (Å²) >= 11 is 0. The molecule has 3 heterocycles. The molecule has 5 N–H and O–H groups in total. The van der Waals surface area contributed by atoms with Crippen LogP contribution in [0.15, 0.2) is 11.8 Å². The molecule has 0 aromatic carbocycles. The average Bonchev–Trinajstić information content (AvgIpc) is 2.70. The van der Waals surface area contributed by atoms with E-state index in [2.05, 4.69) is 0 Å². The Morgan fingerprint density at radius 2 is 1.86 bits per heavy atom. The Balaban J connectivity index is 1.72. The lowest BCUT2D eigenvalue weighted by atomic mass is 9.74. The van der Waals surface area contributed by atoms with Gasteiger partial charge in [0, 0.05) is 18.3 Å². The lowest BCUT2D eigenvalue weighted by molar-refractivity contribution is -0.308. The summed E-state index contributed by atoms with van der Waals surface area (Å²) in [5, 5.41) is 49.0. The molecule has 3 aliphatic heterocycles. The molecule has 0 radical (unpaired) electrons. The van der Waals surface area contributed by atoms with E-state index in [0.29, 0.717) is 0 Å². The first-order chi connectivity index (χ1) is 13.8. The normalized spacial score (nSPS) is 45.0. The number of fused-ring (bicyclic) bond motifs is 1. The molecular formula is C18H28O11. The summed E-state index contributed by atoms with van der Waals surface area (Å²) in [6.07, 6.45) is -7.62. The van der Waals surface area contributed by atoms with Crippen molar-refractivity contribution in [3.63, 3.8) is 0 Å². The number of rotatable bonds is 5. The number of methoxy groups -OCH3 is 1. The van der Waals surface area contributed by atoms with Crippen molar-refractivity contribution in [1.29, 1.82) is 0 Å². The number of aliphatic hydroxyl groups is 5. The van der Waals surface area contributed by atoms with Crippen LogP contribution in [0.1, 0.15) is 13.3 Å². The second-order valence-electron chi connectivity index (χ2n) is 7.49. The number of carbonyl (C=O) groups is 1. The summed E-state index contributed by atoms with van der Waals surface area (Å²) in [6, 6.07) is 0. The first-order valence-corrected chi connectivity index (χ1v) is 9.48. The molecule has 0 amide bonds. The molecule has 2 fully saturated rings. The first kappa shape index (κ1) is 22.4. The molecule has 10 atom stereocenters. The van der Waals surface area contributed by atoms with Gasteiger partial charge >= 0.3 is 5.97 Å². The lowest BCUT2D eigenvalue weighted by Crippen LogP contribution is -2.59. The smallest absolute Gasteiger partial charge is 0.337 e. The third-order valence-electron chi connectivity index (χ3n) is 5.73. The molecule has 11 heteroatoms. The van der Waals surface area contributed by atoms with Crippen molar-refractivity contribution in [2.24, 2.45) is 11.8 Å². The van der Waals surface area contributed by atoms with Crippen LogP contribution in [0.25, 0.3) is 0 Å². The largest absolute Gasteiger partial charge is 0.495 e. The van der Waals surface area contributed by atoms with Crippen LogP contribution in [-0.2, 0) is 28.5 Å². The zero-order valence-electron chi connectivity index (χ0n) is 16.2. The van der Waals surface area contributed by atoms with E-state index < -0.39 is 67.7 Å². The minimum Gasteiger partial charge on any atom is -0.495 e. The van der Waals surface area contributed by atoms with Gasteiger partial charge in [-0.15, -0.1) is 0 Å². The highest BCUT2D eigenvalue weighted by Gasteiger charge is 2.49. The average molecular weight is 420 g/mol. The Kier molecular flexibility index (Phi) is 7.12. The molecule has 29 heavy (non-hydrogen) atoms. The maximum atomic E-state index is 12.1. The molecule has 0 aromatic heterocycles. The molecule has 0 unspecified atom stereocenters. The van der Waals surface area contributed by atoms with Crippen LogP contribution in [0.3, 0.4) is 0 Å². The van der Waals surface area contributed by atoms with E-state index in [1.807, 2.05) is 0 Å². The van der Waals surface area contributed by atoms with Crippen molar-refractivity contribution in [3.8, 4) is 0 Å². The van der Waals surface area contributed by atoms with Crippen molar-refractivity contribution in [2.75, 3.05) is 20.3 Å². The molecule has 0 aromatic rings. The van der Waals surface area contributed by atoms with Gasteiger partial charge in [0.15, 0.2) is 12.6 Å². The SMILES string of the molecule is COC(=O)C1=CO[C@@H](CO[C@@H]2O[C@H](CO)[C@@H](O)[C@H](O)[C@H]2O)[C@@H]2[C@H](C)O[C@H](O)C[C@H]12. The monoisotopic (exact) mass is 420 g/mol. The molecule has 0 saturated carbocycles. The first-order valence-electron chi connectivity index (χ1n) is 9.48. The van der Waals surface area contributed by atoms with Gasteiger partial charge in [0.25, 0.3) is 0 Å². The highest BCUT2D eigenvalue weighted by atomic mass is 16.7. The van der Waals surface area contributed by atoms with Gasteiger partial charge in [0.05, 0.1) is 38.3 Å². The van der Waals surface area contributed by atoms with Crippen LogP contribution < -0.4 is 0 Å². The van der Waals surface area contributed by atoms with Crippen molar-refractivity contribution in [2.45, 2.75) is 62.5 Å². The van der Waals surface area contributed by atoms with Crippen LogP contribution in [-0.4, -0.2) is 101 Å². The van der Waals surface area contributed by atoms with E-state index in [1.54, 1.807) is 6.92 Å². The Bertz CT molecular complexity index is 609. The molecule has 3 aliphatic rings. The van der Waals surface area contributed by atoms with E-state index in [-0.39, 0.29) is 24.5 Å². The van der Waals surface area contributed by atoms with Gasteiger partial charge in [-0.05, 0) is 6.92 Å². The van der Waals surface area contributed by atoms with Crippen LogP contribution in [0.2, 0.25) is 0 Å². The number of hydrogen-bond donors (Lipinski definition) is 5. The van der Waals surface area contributed by atoms with Crippen molar-refractivity contribution < 1.29 is 54.0 Å². The summed E-state index contributed by atoms with van der Waals surface area (Å²) in [5.74, 6) is -1.31. The predicted molar refractivity (Wildman–Crippen MR) is 92.8 cm³/mol. The van der Waals surface area contributed by atoms with Gasteiger partial charge < -0.3 is 49.2 Å². The molecule has 11 nitrogen and oxygen atoms in total. The van der Waals surface area contributed by atoms with Gasteiger partial charge in [-0.2, -0.15) is 0 Å². The maximum Gasteiger partial charge on any atom is 0.337 e. The van der Waals surface area contributed by atoms with Gasteiger partial charge in [-0.25, -0.2) is 4.79 Å². The minimum atomic E-state index is -1.55. The number of ether oxygens (including phenoxy) is 5. The van der Waals surface area contributed by atoms with Crippen molar-refractivity contribution >= 4 is 5.97 Å². The third kappa shape index (κ3) is 4.42. The molecule has 2 saturated heterocycles. The Hall–Kier alpha value is -1.31. The van der Waals surface area contributed by atoms with Crippen LogP contribution in [0, 0.1) is 11.8 Å². The Morgan fingerprint density at radius 1 is 1.14 bits per heavy atom. The summed E-state index contributed by atoms with van der Waals surface area (Å²) in [7, 11) is 1.26. The topological polar surface area (TPSA) is 164 Å². The molecule has 0 bridgehead atoms. The number of hydrogen-bond acceptors (Lipinski definition) is 11. The molecule has 3 rings (SSSR count). The van der Waals surface area contributed by atoms with E-state index in [4.69, 9.17) is 23.7 Å². The fourth-order valence-corrected chi connectivity index (χ4v) is 4.19. The highest BCUT2D eigenvalue weighted by Crippen LogP contribution is 2.41. The minimum absolute atomic E-state index is 0.0986. The molecule has 0 spiro atoms. The standard InChI is InChI=1S/C18H28O11/c1-7-13-8(3-12(20)28-7)9(17(24)25-2)5-26-11(13)6-27-18-16(23)15(22)14(21)10(4-19)29-18/h5,7-8,10-16,18-23H,3-4,6H2,1-2H3/t7-,8+,10+,11-,12-,13+,14+,15-,16+,18+/m0/s1. The van der Waals surface area contributed by atoms with Crippen LogP contribution in [0.4, 0.5) is 0 Å². The van der Waals surface area contributed by atoms with Gasteiger partial charge in [-0.3, -0.25) is 0 Å². The van der Waals surface area contributed by atoms with E-state index in [0.717, 1.165) is 0 Å². The highest BCUT2D eigenvalue weighted by molar-refractivity contribution is 5.88. The van der Waals surface area contributed by atoms with Crippen molar-refractivity contribution in [1.82, 2.24) is 0 Å². The fourth-order valence-electron chi connectivity index (χ4n) is 4.19. The van der Waals surface area contributed by atoms with E-state index in [1.165, 1.54) is 13.4 Å². The summed E-state index contributed by atoms with van der Waals surface area (Å²) in [4.78, 5) is 12.1. The maximum absolute atomic E-state index is 12.1. The van der Waals surface area contributed by atoms with Crippen LogP contribution in [0.5, 0.6) is 0 Å². The molecular weight excluding hydrogens is 392 g/mol. The third-order valence-corrected chi connectivity index (χ3v) is 5.73. The van der Waals surface area contributed by atoms with E-state index >= 15 is 0 Å². The molecule has 0 aliphatic carbocycles. The van der Waals surface area contributed by atoms with Crippen molar-refractivity contribution in [3.05, 3.63) is 11.8 Å². The Labute approximate surface area is 167 Å². The fraction of sp³-hybridized carbons (Fsp3) is 0.833. The Morgan fingerprint density at radius 3 is 2.52 bits per heavy atom. The summed E-state index contributed by atoms with van der Waals surface area (Å²) < 4.78 is 26.9. The second kappa shape index (κ2) is 9.23. The zero-order chi connectivity index (χ0) is 21.3. The quantitative estimate of drug-likeness (QED) is 0.302. The zero-order valence-corrected chi connectivity index (χ0v) is 16.2.